The molecule has 5 heteroatoms. The van der Waals surface area contributed by atoms with E-state index in [9.17, 15) is 4.79 Å². The number of carbonyl (C=O) groups is 1. The highest BCUT2D eigenvalue weighted by Crippen LogP contribution is 2.28. The van der Waals surface area contributed by atoms with Crippen LogP contribution in [0.15, 0.2) is 48.5 Å². The summed E-state index contributed by atoms with van der Waals surface area (Å²) >= 11 is 0. The van der Waals surface area contributed by atoms with Gasteiger partial charge in [0.1, 0.15) is 0 Å². The van der Waals surface area contributed by atoms with Crippen LogP contribution in [0.1, 0.15) is 30.9 Å². The molecule has 1 amide bonds. The summed E-state index contributed by atoms with van der Waals surface area (Å²) in [4.78, 5) is 17.2. The monoisotopic (exact) mass is 410 g/mol. The van der Waals surface area contributed by atoms with Crippen molar-refractivity contribution in [2.24, 2.45) is 5.92 Å². The molecular weight excluding hydrogens is 376 g/mol. The van der Waals surface area contributed by atoms with Gasteiger partial charge in [-0.3, -0.25) is 9.69 Å². The highest BCUT2D eigenvalue weighted by atomic mass is 16.5. The number of likely N-dealkylation sites (tertiary alicyclic amines) is 1. The van der Waals surface area contributed by atoms with E-state index in [1.807, 2.05) is 37.1 Å². The molecule has 2 aromatic rings. The largest absolute Gasteiger partial charge is 0.493 e. The van der Waals surface area contributed by atoms with Gasteiger partial charge in [-0.2, -0.15) is 0 Å². The van der Waals surface area contributed by atoms with Crippen LogP contribution in [0.5, 0.6) is 11.5 Å². The fourth-order valence-corrected chi connectivity index (χ4v) is 4.16. The molecule has 1 aliphatic heterocycles. The number of likely N-dealkylation sites (N-methyl/N-ethyl adjacent to an activating group) is 1. The quantitative estimate of drug-likeness (QED) is 0.660. The number of hydrogen-bond donors (Lipinski definition) is 0. The third-order valence-electron chi connectivity index (χ3n) is 6.19. The van der Waals surface area contributed by atoms with E-state index in [2.05, 4.69) is 35.2 Å². The third-order valence-corrected chi connectivity index (χ3v) is 6.19. The van der Waals surface area contributed by atoms with Crippen molar-refractivity contribution in [2.75, 3.05) is 34.4 Å². The summed E-state index contributed by atoms with van der Waals surface area (Å²) in [5.74, 6) is 2.31. The molecule has 162 valence electrons. The first-order valence-electron chi connectivity index (χ1n) is 10.8. The molecule has 1 unspecified atom stereocenters. The second-order valence-corrected chi connectivity index (χ2v) is 8.24. The zero-order valence-corrected chi connectivity index (χ0v) is 18.6. The maximum atomic E-state index is 13.1. The van der Waals surface area contributed by atoms with Gasteiger partial charge in [0.2, 0.25) is 5.91 Å². The Balaban J connectivity index is 1.51. The van der Waals surface area contributed by atoms with Crippen LogP contribution in [0.25, 0.3) is 0 Å². The van der Waals surface area contributed by atoms with E-state index in [-0.39, 0.29) is 11.9 Å². The molecule has 1 aliphatic rings. The number of hydrogen-bond acceptors (Lipinski definition) is 4. The Morgan fingerprint density at radius 1 is 1.03 bits per heavy atom. The number of methoxy groups -OCH3 is 2. The van der Waals surface area contributed by atoms with Crippen molar-refractivity contribution >= 4 is 5.91 Å². The summed E-state index contributed by atoms with van der Waals surface area (Å²) in [5, 5.41) is 0. The summed E-state index contributed by atoms with van der Waals surface area (Å²) in [6.07, 6.45) is 3.26. The summed E-state index contributed by atoms with van der Waals surface area (Å²) < 4.78 is 10.7. The summed E-state index contributed by atoms with van der Waals surface area (Å²) in [5.41, 5.74) is 2.49. The second-order valence-electron chi connectivity index (χ2n) is 8.24. The van der Waals surface area contributed by atoms with Crippen molar-refractivity contribution in [3.8, 4) is 11.5 Å². The van der Waals surface area contributed by atoms with Crippen LogP contribution >= 0.6 is 0 Å². The van der Waals surface area contributed by atoms with Gasteiger partial charge < -0.3 is 14.4 Å². The van der Waals surface area contributed by atoms with Crippen LogP contribution < -0.4 is 9.47 Å². The second kappa shape index (κ2) is 10.5. The van der Waals surface area contributed by atoms with Gasteiger partial charge in [0, 0.05) is 19.6 Å². The lowest BCUT2D eigenvalue weighted by Gasteiger charge is -2.35. The first-order valence-corrected chi connectivity index (χ1v) is 10.8. The third kappa shape index (κ3) is 5.54. The molecule has 2 aromatic carbocycles. The Labute approximate surface area is 180 Å². The van der Waals surface area contributed by atoms with Gasteiger partial charge in [-0.05, 0) is 62.4 Å². The topological polar surface area (TPSA) is 42.0 Å². The normalized spacial score (nSPS) is 15.8. The number of ether oxygens (including phenoxy) is 2. The van der Waals surface area contributed by atoms with Crippen molar-refractivity contribution in [1.29, 1.82) is 0 Å². The van der Waals surface area contributed by atoms with E-state index in [1.165, 1.54) is 5.56 Å². The molecule has 0 radical (unpaired) electrons. The van der Waals surface area contributed by atoms with Gasteiger partial charge >= 0.3 is 0 Å². The molecule has 1 saturated heterocycles. The first-order chi connectivity index (χ1) is 14.5. The van der Waals surface area contributed by atoms with E-state index in [4.69, 9.17) is 9.47 Å². The van der Waals surface area contributed by atoms with E-state index in [0.717, 1.165) is 37.9 Å². The molecule has 0 bridgehead atoms. The highest BCUT2D eigenvalue weighted by molar-refractivity contribution is 5.81. The first kappa shape index (κ1) is 22.2. The van der Waals surface area contributed by atoms with Gasteiger partial charge in [-0.25, -0.2) is 0 Å². The molecular formula is C25H34N2O3. The SMILES string of the molecule is COc1ccc(CN(C)C(C)C(=O)N2CCC(Cc3ccccc3)CC2)cc1OC. The average Bonchev–Trinajstić information content (AvgIpc) is 2.79. The molecule has 1 atom stereocenters. The number of rotatable bonds is 8. The number of carbonyl (C=O) groups excluding carboxylic acids is 1. The van der Waals surface area contributed by atoms with E-state index in [1.54, 1.807) is 14.2 Å². The minimum Gasteiger partial charge on any atom is -0.493 e. The molecule has 0 saturated carbocycles. The van der Waals surface area contributed by atoms with Gasteiger partial charge in [0.05, 0.1) is 20.3 Å². The van der Waals surface area contributed by atoms with Crippen LogP contribution in [0.2, 0.25) is 0 Å². The van der Waals surface area contributed by atoms with Crippen molar-refractivity contribution in [2.45, 2.75) is 38.8 Å². The predicted octanol–water partition coefficient (Wildman–Crippen LogP) is 4.01. The molecule has 0 spiro atoms. The Hall–Kier alpha value is -2.53. The van der Waals surface area contributed by atoms with Gasteiger partial charge in [0.25, 0.3) is 0 Å². The lowest BCUT2D eigenvalue weighted by Crippen LogP contribution is -2.48. The fraction of sp³-hybridized carbons (Fsp3) is 0.480. The minimum absolute atomic E-state index is 0.163. The molecule has 5 nitrogen and oxygen atoms in total. The lowest BCUT2D eigenvalue weighted by molar-refractivity contribution is -0.137. The van der Waals surface area contributed by atoms with Gasteiger partial charge in [-0.15, -0.1) is 0 Å². The van der Waals surface area contributed by atoms with E-state index < -0.39 is 0 Å². The standard InChI is InChI=1S/C25H34N2O3/c1-19(26(2)18-22-10-11-23(29-3)24(17-22)30-4)25(28)27-14-12-21(13-15-27)16-20-8-6-5-7-9-20/h5-11,17,19,21H,12-16,18H2,1-4H3. The summed E-state index contributed by atoms with van der Waals surface area (Å²) in [7, 11) is 5.27. The van der Waals surface area contributed by atoms with Crippen LogP contribution in [0.3, 0.4) is 0 Å². The summed E-state index contributed by atoms with van der Waals surface area (Å²) in [6, 6.07) is 16.4. The molecule has 0 aromatic heterocycles. The van der Waals surface area contributed by atoms with Crippen LogP contribution in [0.4, 0.5) is 0 Å². The van der Waals surface area contributed by atoms with E-state index >= 15 is 0 Å². The van der Waals surface area contributed by atoms with Crippen molar-refractivity contribution < 1.29 is 14.3 Å². The highest BCUT2D eigenvalue weighted by Gasteiger charge is 2.28. The Bertz CT molecular complexity index is 816. The van der Waals surface area contributed by atoms with Crippen LogP contribution in [0, 0.1) is 5.92 Å². The van der Waals surface area contributed by atoms with Crippen molar-refractivity contribution in [1.82, 2.24) is 9.80 Å². The Kier molecular flexibility index (Phi) is 7.75. The van der Waals surface area contributed by atoms with E-state index in [0.29, 0.717) is 24.0 Å². The molecule has 1 heterocycles. The number of nitrogens with zero attached hydrogens (tertiary/aromatic N) is 2. The Morgan fingerprint density at radius 2 is 1.70 bits per heavy atom. The average molecular weight is 411 g/mol. The number of amides is 1. The fourth-order valence-electron chi connectivity index (χ4n) is 4.16. The molecule has 30 heavy (non-hydrogen) atoms. The zero-order chi connectivity index (χ0) is 21.5. The van der Waals surface area contributed by atoms with Gasteiger partial charge in [-0.1, -0.05) is 36.4 Å². The predicted molar refractivity (Wildman–Crippen MR) is 120 cm³/mol. The van der Waals surface area contributed by atoms with Crippen molar-refractivity contribution in [3.63, 3.8) is 0 Å². The van der Waals surface area contributed by atoms with Crippen LogP contribution in [-0.4, -0.2) is 56.1 Å². The number of piperidine rings is 1. The lowest BCUT2D eigenvalue weighted by atomic mass is 9.90. The number of benzene rings is 2. The molecule has 0 aliphatic carbocycles. The molecule has 0 N–H and O–H groups in total. The smallest absolute Gasteiger partial charge is 0.239 e. The maximum absolute atomic E-state index is 13.1. The van der Waals surface area contributed by atoms with Crippen LogP contribution in [-0.2, 0) is 17.8 Å². The Morgan fingerprint density at radius 3 is 2.33 bits per heavy atom. The molecule has 3 rings (SSSR count). The molecule has 1 fully saturated rings. The zero-order valence-electron chi connectivity index (χ0n) is 18.6. The van der Waals surface area contributed by atoms with Gasteiger partial charge in [0.15, 0.2) is 11.5 Å². The summed E-state index contributed by atoms with van der Waals surface area (Å²) in [6.45, 7) is 4.38. The maximum Gasteiger partial charge on any atom is 0.239 e. The van der Waals surface area contributed by atoms with Crippen molar-refractivity contribution in [3.05, 3.63) is 59.7 Å². The minimum atomic E-state index is -0.163.